The van der Waals surface area contributed by atoms with E-state index >= 15 is 0 Å². The van der Waals surface area contributed by atoms with Crippen molar-refractivity contribution in [3.05, 3.63) is 51.5 Å². The first-order valence-electron chi connectivity index (χ1n) is 5.98. The van der Waals surface area contributed by atoms with E-state index in [9.17, 15) is 4.79 Å². The molecule has 1 N–H and O–H groups in total. The largest absolute Gasteiger partial charge is 0.343 e. The Kier molecular flexibility index (Phi) is 4.71. The predicted octanol–water partition coefficient (Wildman–Crippen LogP) is 3.84. The first kappa shape index (κ1) is 14.2. The SMILES string of the molecule is Cc1cnc(C(C)NC(=O)c2cccc(CBr)c2)s1. The van der Waals surface area contributed by atoms with Crippen molar-refractivity contribution in [3.8, 4) is 0 Å². The maximum Gasteiger partial charge on any atom is 0.251 e. The molecular formula is C14H15BrN2OS. The molecule has 0 saturated heterocycles. The van der Waals surface area contributed by atoms with Crippen molar-refractivity contribution in [2.45, 2.75) is 25.2 Å². The number of nitrogens with zero attached hydrogens (tertiary/aromatic N) is 1. The van der Waals surface area contributed by atoms with Crippen molar-refractivity contribution in [3.63, 3.8) is 0 Å². The second-order valence-corrected chi connectivity index (χ2v) is 6.17. The van der Waals surface area contributed by atoms with Crippen LogP contribution < -0.4 is 5.32 Å². The molecule has 100 valence electrons. The molecule has 0 spiro atoms. The first-order valence-corrected chi connectivity index (χ1v) is 7.92. The zero-order valence-electron chi connectivity index (χ0n) is 10.8. The maximum atomic E-state index is 12.2. The van der Waals surface area contributed by atoms with Crippen molar-refractivity contribution >= 4 is 33.2 Å². The lowest BCUT2D eigenvalue weighted by Gasteiger charge is -2.11. The third-order valence-electron chi connectivity index (χ3n) is 2.70. The van der Waals surface area contributed by atoms with E-state index in [0.717, 1.165) is 20.8 Å². The summed E-state index contributed by atoms with van der Waals surface area (Å²) in [6.07, 6.45) is 1.83. The Morgan fingerprint density at radius 3 is 2.95 bits per heavy atom. The number of aromatic nitrogens is 1. The molecule has 0 saturated carbocycles. The van der Waals surface area contributed by atoms with Crippen LogP contribution in [0.1, 0.15) is 38.8 Å². The van der Waals surface area contributed by atoms with E-state index < -0.39 is 0 Å². The number of benzene rings is 1. The summed E-state index contributed by atoms with van der Waals surface area (Å²) in [7, 11) is 0. The second kappa shape index (κ2) is 6.30. The Morgan fingerprint density at radius 1 is 1.53 bits per heavy atom. The van der Waals surface area contributed by atoms with Crippen molar-refractivity contribution in [1.82, 2.24) is 10.3 Å². The van der Waals surface area contributed by atoms with Crippen LogP contribution in [-0.4, -0.2) is 10.9 Å². The molecule has 0 radical (unpaired) electrons. The summed E-state index contributed by atoms with van der Waals surface area (Å²) in [5.74, 6) is -0.0665. The minimum Gasteiger partial charge on any atom is -0.343 e. The van der Waals surface area contributed by atoms with Crippen LogP contribution in [0.5, 0.6) is 0 Å². The molecule has 0 aliphatic rings. The second-order valence-electron chi connectivity index (χ2n) is 4.34. The molecule has 0 bridgehead atoms. The lowest BCUT2D eigenvalue weighted by atomic mass is 10.1. The normalized spacial score (nSPS) is 12.2. The highest BCUT2D eigenvalue weighted by Gasteiger charge is 2.14. The van der Waals surface area contributed by atoms with Gasteiger partial charge in [-0.05, 0) is 31.5 Å². The molecule has 3 nitrogen and oxygen atoms in total. The molecule has 2 rings (SSSR count). The highest BCUT2D eigenvalue weighted by molar-refractivity contribution is 9.08. The molecule has 1 aromatic carbocycles. The summed E-state index contributed by atoms with van der Waals surface area (Å²) < 4.78 is 0. The van der Waals surface area contributed by atoms with Gasteiger partial charge >= 0.3 is 0 Å². The van der Waals surface area contributed by atoms with Crippen molar-refractivity contribution in [2.24, 2.45) is 0 Å². The third kappa shape index (κ3) is 3.64. The zero-order valence-corrected chi connectivity index (χ0v) is 13.2. The number of halogens is 1. The van der Waals surface area contributed by atoms with Gasteiger partial charge in [0.1, 0.15) is 5.01 Å². The Bertz CT molecular complexity index is 582. The van der Waals surface area contributed by atoms with Crippen LogP contribution in [0.15, 0.2) is 30.5 Å². The average Bonchev–Trinajstić information content (AvgIpc) is 2.85. The number of thiazole rings is 1. The van der Waals surface area contributed by atoms with Gasteiger partial charge < -0.3 is 5.32 Å². The van der Waals surface area contributed by atoms with Gasteiger partial charge in [0.25, 0.3) is 5.91 Å². The molecule has 1 aromatic heterocycles. The van der Waals surface area contributed by atoms with E-state index in [0.29, 0.717) is 5.56 Å². The van der Waals surface area contributed by atoms with Crippen LogP contribution in [0.4, 0.5) is 0 Å². The van der Waals surface area contributed by atoms with Crippen LogP contribution in [-0.2, 0) is 5.33 Å². The van der Waals surface area contributed by atoms with E-state index in [2.05, 4.69) is 26.2 Å². The standard InChI is InChI=1S/C14H15BrN2OS/c1-9-8-16-14(19-9)10(2)17-13(18)12-5-3-4-11(6-12)7-15/h3-6,8,10H,7H2,1-2H3,(H,17,18). The van der Waals surface area contributed by atoms with Crippen molar-refractivity contribution in [1.29, 1.82) is 0 Å². The Morgan fingerprint density at radius 2 is 2.32 bits per heavy atom. The molecule has 0 aliphatic heterocycles. The fourth-order valence-electron chi connectivity index (χ4n) is 1.71. The lowest BCUT2D eigenvalue weighted by molar-refractivity contribution is 0.0939. The van der Waals surface area contributed by atoms with Gasteiger partial charge in [0.05, 0.1) is 6.04 Å². The molecule has 0 aliphatic carbocycles. The number of amides is 1. The molecular weight excluding hydrogens is 324 g/mol. The molecule has 1 unspecified atom stereocenters. The van der Waals surface area contributed by atoms with Crippen LogP contribution in [0.3, 0.4) is 0 Å². The summed E-state index contributed by atoms with van der Waals surface area (Å²) in [6, 6.07) is 7.52. The number of alkyl halides is 1. The van der Waals surface area contributed by atoms with Gasteiger partial charge in [0, 0.05) is 22.0 Å². The number of carbonyl (C=O) groups is 1. The summed E-state index contributed by atoms with van der Waals surface area (Å²) in [4.78, 5) is 17.6. The maximum absolute atomic E-state index is 12.2. The monoisotopic (exact) mass is 338 g/mol. The van der Waals surface area contributed by atoms with Gasteiger partial charge in [-0.25, -0.2) is 4.98 Å². The summed E-state index contributed by atoms with van der Waals surface area (Å²) in [5.41, 5.74) is 1.77. The van der Waals surface area contributed by atoms with Crippen LogP contribution >= 0.6 is 27.3 Å². The smallest absolute Gasteiger partial charge is 0.251 e. The number of aryl methyl sites for hydroxylation is 1. The minimum atomic E-state index is -0.0705. The van der Waals surface area contributed by atoms with Gasteiger partial charge in [-0.1, -0.05) is 28.1 Å². The summed E-state index contributed by atoms with van der Waals surface area (Å²) in [6.45, 7) is 3.96. The van der Waals surface area contributed by atoms with Gasteiger partial charge in [-0.2, -0.15) is 0 Å². The van der Waals surface area contributed by atoms with Crippen LogP contribution in [0.2, 0.25) is 0 Å². The number of nitrogens with one attached hydrogen (secondary N) is 1. The lowest BCUT2D eigenvalue weighted by Crippen LogP contribution is -2.26. The number of hydrogen-bond acceptors (Lipinski definition) is 3. The van der Waals surface area contributed by atoms with E-state index in [1.54, 1.807) is 11.3 Å². The van der Waals surface area contributed by atoms with Crippen LogP contribution in [0.25, 0.3) is 0 Å². The molecule has 0 fully saturated rings. The highest BCUT2D eigenvalue weighted by atomic mass is 79.9. The predicted molar refractivity (Wildman–Crippen MR) is 81.8 cm³/mol. The fraction of sp³-hybridized carbons (Fsp3) is 0.286. The molecule has 19 heavy (non-hydrogen) atoms. The molecule has 5 heteroatoms. The van der Waals surface area contributed by atoms with E-state index in [-0.39, 0.29) is 11.9 Å². The highest BCUT2D eigenvalue weighted by Crippen LogP contribution is 2.19. The van der Waals surface area contributed by atoms with E-state index in [1.807, 2.05) is 44.3 Å². The topological polar surface area (TPSA) is 42.0 Å². The van der Waals surface area contributed by atoms with Crippen molar-refractivity contribution < 1.29 is 4.79 Å². The average molecular weight is 339 g/mol. The minimum absolute atomic E-state index is 0.0665. The number of rotatable bonds is 4. The van der Waals surface area contributed by atoms with Gasteiger partial charge in [-0.3, -0.25) is 4.79 Å². The molecule has 1 amide bonds. The quantitative estimate of drug-likeness (QED) is 0.860. The Hall–Kier alpha value is -1.20. The Balaban J connectivity index is 2.08. The van der Waals surface area contributed by atoms with Gasteiger partial charge in [0.15, 0.2) is 0 Å². The molecule has 1 heterocycles. The fourth-order valence-corrected chi connectivity index (χ4v) is 2.83. The zero-order chi connectivity index (χ0) is 13.8. The van der Waals surface area contributed by atoms with E-state index in [1.165, 1.54) is 0 Å². The number of carbonyl (C=O) groups excluding carboxylic acids is 1. The van der Waals surface area contributed by atoms with Crippen molar-refractivity contribution in [2.75, 3.05) is 0 Å². The summed E-state index contributed by atoms with van der Waals surface area (Å²) >= 11 is 5.00. The third-order valence-corrected chi connectivity index (χ3v) is 4.44. The Labute approximate surface area is 125 Å². The number of hydrogen-bond donors (Lipinski definition) is 1. The molecule has 2 aromatic rings. The molecule has 1 atom stereocenters. The van der Waals surface area contributed by atoms with Crippen LogP contribution in [0, 0.1) is 6.92 Å². The van der Waals surface area contributed by atoms with Gasteiger partial charge in [-0.15, -0.1) is 11.3 Å². The van der Waals surface area contributed by atoms with Gasteiger partial charge in [0.2, 0.25) is 0 Å². The van der Waals surface area contributed by atoms with E-state index in [4.69, 9.17) is 0 Å². The first-order chi connectivity index (χ1) is 9.10. The summed E-state index contributed by atoms with van der Waals surface area (Å²) in [5, 5.41) is 4.65.